The maximum Gasteiger partial charge on any atom is 0.328 e. The number of carboxylic acids is 1. The molecule has 6 heteroatoms. The maximum absolute atomic E-state index is 11.5. The van der Waals surface area contributed by atoms with Crippen LogP contribution in [0.2, 0.25) is 0 Å². The van der Waals surface area contributed by atoms with Crippen molar-refractivity contribution in [2.75, 3.05) is 11.9 Å². The molecule has 1 aliphatic heterocycles. The van der Waals surface area contributed by atoms with Crippen molar-refractivity contribution < 1.29 is 19.4 Å². The van der Waals surface area contributed by atoms with Crippen LogP contribution in [0.15, 0.2) is 30.4 Å². The molecule has 0 spiro atoms. The van der Waals surface area contributed by atoms with Crippen LogP contribution in [0.3, 0.4) is 0 Å². The second kappa shape index (κ2) is 6.01. The van der Waals surface area contributed by atoms with E-state index in [0.29, 0.717) is 18.9 Å². The first-order valence-electron chi connectivity index (χ1n) is 5.79. The number of hydrogen-bond acceptors (Lipinski definition) is 3. The van der Waals surface area contributed by atoms with Crippen LogP contribution >= 0.6 is 0 Å². The van der Waals surface area contributed by atoms with Gasteiger partial charge in [-0.3, -0.25) is 0 Å². The summed E-state index contributed by atoms with van der Waals surface area (Å²) < 4.78 is 5.28. The lowest BCUT2D eigenvalue weighted by atomic mass is 10.1. The van der Waals surface area contributed by atoms with Crippen LogP contribution < -0.4 is 10.6 Å². The van der Waals surface area contributed by atoms with Crippen LogP contribution in [0.5, 0.6) is 0 Å². The molecule has 1 heterocycles. The highest BCUT2D eigenvalue weighted by Gasteiger charge is 2.11. The Morgan fingerprint density at radius 3 is 2.89 bits per heavy atom. The van der Waals surface area contributed by atoms with E-state index in [2.05, 4.69) is 10.6 Å². The van der Waals surface area contributed by atoms with Gasteiger partial charge in [0.05, 0.1) is 13.2 Å². The van der Waals surface area contributed by atoms with Gasteiger partial charge in [-0.25, -0.2) is 9.59 Å². The van der Waals surface area contributed by atoms with Crippen LogP contribution in [0.1, 0.15) is 11.1 Å². The number of carbonyl (C=O) groups excluding carboxylic acids is 1. The van der Waals surface area contributed by atoms with E-state index in [1.54, 1.807) is 6.07 Å². The fraction of sp³-hybridized carbons (Fsp3) is 0.231. The molecular weight excluding hydrogens is 248 g/mol. The average Bonchev–Trinajstić information content (AvgIpc) is 2.82. The number of rotatable bonds is 4. The van der Waals surface area contributed by atoms with Crippen molar-refractivity contribution in [3.63, 3.8) is 0 Å². The Kier molecular flexibility index (Phi) is 4.15. The minimum Gasteiger partial charge on any atom is -0.478 e. The van der Waals surface area contributed by atoms with Crippen molar-refractivity contribution in [1.29, 1.82) is 0 Å². The molecule has 2 rings (SSSR count). The number of anilines is 1. The predicted octanol–water partition coefficient (Wildman–Crippen LogP) is 1.48. The Bertz CT molecular complexity index is 525. The molecule has 100 valence electrons. The highest BCUT2D eigenvalue weighted by molar-refractivity contribution is 5.89. The fourth-order valence-corrected chi connectivity index (χ4v) is 1.74. The lowest BCUT2D eigenvalue weighted by Gasteiger charge is -2.07. The second-order valence-electron chi connectivity index (χ2n) is 4.05. The molecule has 0 radical (unpaired) electrons. The van der Waals surface area contributed by atoms with E-state index in [0.717, 1.165) is 17.2 Å². The average molecular weight is 262 g/mol. The van der Waals surface area contributed by atoms with E-state index in [4.69, 9.17) is 9.84 Å². The van der Waals surface area contributed by atoms with Crippen molar-refractivity contribution in [3.8, 4) is 0 Å². The first-order chi connectivity index (χ1) is 9.15. The van der Waals surface area contributed by atoms with E-state index in [-0.39, 0.29) is 12.6 Å². The standard InChI is InChI=1S/C13H14N2O4/c16-12(17)2-1-5-14-13(18)15-11-4-3-9-7-19-8-10(9)6-11/h1-4,6H,5,7-8H2,(H,16,17)(H2,14,15,18)/b2-1+. The summed E-state index contributed by atoms with van der Waals surface area (Å²) in [7, 11) is 0. The number of aliphatic carboxylic acids is 1. The van der Waals surface area contributed by atoms with Gasteiger partial charge in [0.1, 0.15) is 0 Å². The molecule has 0 atom stereocenters. The molecule has 0 unspecified atom stereocenters. The number of benzene rings is 1. The molecule has 0 aliphatic carbocycles. The molecular formula is C13H14N2O4. The van der Waals surface area contributed by atoms with Crippen molar-refractivity contribution in [1.82, 2.24) is 5.32 Å². The molecule has 3 N–H and O–H groups in total. The zero-order valence-corrected chi connectivity index (χ0v) is 10.2. The van der Waals surface area contributed by atoms with Gasteiger partial charge in [-0.05, 0) is 23.3 Å². The Morgan fingerprint density at radius 2 is 2.11 bits per heavy atom. The monoisotopic (exact) mass is 262 g/mol. The van der Waals surface area contributed by atoms with Gasteiger partial charge in [-0.1, -0.05) is 12.1 Å². The molecule has 0 aromatic heterocycles. The number of hydrogen-bond donors (Lipinski definition) is 3. The molecule has 2 amide bonds. The van der Waals surface area contributed by atoms with Crippen LogP contribution in [0, 0.1) is 0 Å². The topological polar surface area (TPSA) is 87.7 Å². The van der Waals surface area contributed by atoms with Crippen LogP contribution in [-0.2, 0) is 22.7 Å². The first-order valence-corrected chi connectivity index (χ1v) is 5.79. The Balaban J connectivity index is 1.84. The summed E-state index contributed by atoms with van der Waals surface area (Å²) in [4.78, 5) is 21.7. The zero-order chi connectivity index (χ0) is 13.7. The van der Waals surface area contributed by atoms with Crippen molar-refractivity contribution >= 4 is 17.7 Å². The summed E-state index contributed by atoms with van der Waals surface area (Å²) >= 11 is 0. The highest BCUT2D eigenvalue weighted by atomic mass is 16.5. The quantitative estimate of drug-likeness (QED) is 0.717. The third-order valence-electron chi connectivity index (χ3n) is 2.62. The number of carboxylic acid groups (broad SMARTS) is 1. The molecule has 19 heavy (non-hydrogen) atoms. The molecule has 0 saturated carbocycles. The number of carbonyl (C=O) groups is 2. The van der Waals surface area contributed by atoms with E-state index < -0.39 is 5.97 Å². The molecule has 0 saturated heterocycles. The summed E-state index contributed by atoms with van der Waals surface area (Å²) in [6, 6.07) is 5.21. The van der Waals surface area contributed by atoms with Gasteiger partial charge in [-0.2, -0.15) is 0 Å². The minimum absolute atomic E-state index is 0.159. The molecule has 0 fully saturated rings. The number of nitrogens with one attached hydrogen (secondary N) is 2. The van der Waals surface area contributed by atoms with Gasteiger partial charge in [-0.15, -0.1) is 0 Å². The van der Waals surface area contributed by atoms with Crippen molar-refractivity contribution in [3.05, 3.63) is 41.5 Å². The number of urea groups is 1. The van der Waals surface area contributed by atoms with E-state index in [1.165, 1.54) is 6.08 Å². The minimum atomic E-state index is -1.04. The fourth-order valence-electron chi connectivity index (χ4n) is 1.74. The second-order valence-corrected chi connectivity index (χ2v) is 4.05. The Labute approximate surface area is 110 Å². The summed E-state index contributed by atoms with van der Waals surface area (Å²) in [5.41, 5.74) is 2.89. The highest BCUT2D eigenvalue weighted by Crippen LogP contribution is 2.22. The maximum atomic E-state index is 11.5. The smallest absolute Gasteiger partial charge is 0.328 e. The van der Waals surface area contributed by atoms with Gasteiger partial charge >= 0.3 is 12.0 Å². The number of amides is 2. The summed E-state index contributed by atoms with van der Waals surface area (Å²) in [6.45, 7) is 1.34. The summed E-state index contributed by atoms with van der Waals surface area (Å²) in [5, 5.41) is 13.6. The van der Waals surface area contributed by atoms with Gasteiger partial charge < -0.3 is 20.5 Å². The Morgan fingerprint density at radius 1 is 1.32 bits per heavy atom. The van der Waals surface area contributed by atoms with Crippen LogP contribution in [-0.4, -0.2) is 23.7 Å². The lowest BCUT2D eigenvalue weighted by Crippen LogP contribution is -2.28. The van der Waals surface area contributed by atoms with Crippen LogP contribution in [0.4, 0.5) is 10.5 Å². The van der Waals surface area contributed by atoms with Crippen molar-refractivity contribution in [2.45, 2.75) is 13.2 Å². The molecule has 6 nitrogen and oxygen atoms in total. The molecule has 1 aromatic rings. The van der Waals surface area contributed by atoms with Gasteiger partial charge in [0.25, 0.3) is 0 Å². The summed E-state index contributed by atoms with van der Waals surface area (Å²) in [5.74, 6) is -1.04. The van der Waals surface area contributed by atoms with E-state index in [9.17, 15) is 9.59 Å². The largest absolute Gasteiger partial charge is 0.478 e. The molecule has 1 aromatic carbocycles. The third-order valence-corrected chi connectivity index (χ3v) is 2.62. The Hall–Kier alpha value is -2.34. The van der Waals surface area contributed by atoms with Crippen molar-refractivity contribution in [2.24, 2.45) is 0 Å². The third kappa shape index (κ3) is 3.82. The van der Waals surface area contributed by atoms with Gasteiger partial charge in [0.15, 0.2) is 0 Å². The van der Waals surface area contributed by atoms with Gasteiger partial charge in [0.2, 0.25) is 0 Å². The lowest BCUT2D eigenvalue weighted by molar-refractivity contribution is -0.131. The number of ether oxygens (including phenoxy) is 1. The molecule has 0 bridgehead atoms. The van der Waals surface area contributed by atoms with Crippen LogP contribution in [0.25, 0.3) is 0 Å². The SMILES string of the molecule is O=C(O)/C=C/CNC(=O)Nc1ccc2c(c1)COC2. The zero-order valence-electron chi connectivity index (χ0n) is 10.2. The first kappa shape index (κ1) is 13.1. The van der Waals surface area contributed by atoms with E-state index >= 15 is 0 Å². The van der Waals surface area contributed by atoms with Gasteiger partial charge in [0, 0.05) is 18.3 Å². The normalized spacial score (nSPS) is 13.3. The number of fused-ring (bicyclic) bond motifs is 1. The summed E-state index contributed by atoms with van der Waals surface area (Å²) in [6.07, 6.45) is 2.34. The predicted molar refractivity (Wildman–Crippen MR) is 68.7 cm³/mol. The van der Waals surface area contributed by atoms with E-state index in [1.807, 2.05) is 12.1 Å². The molecule has 1 aliphatic rings.